The number of carbonyl (C=O) groups excluding carboxylic acids is 1. The van der Waals surface area contributed by atoms with E-state index in [0.29, 0.717) is 5.96 Å². The van der Waals surface area contributed by atoms with E-state index in [1.165, 1.54) is 4.90 Å². The number of guanidine groups is 3. The molecule has 0 aromatic carbocycles. The molecule has 0 saturated carbocycles. The van der Waals surface area contributed by atoms with E-state index < -0.39 is 18.0 Å². The number of nitrogens with zero attached hydrogens (tertiary/aromatic N) is 4. The zero-order chi connectivity index (χ0) is 23.0. The highest BCUT2D eigenvalue weighted by molar-refractivity contribution is 5.95. The van der Waals surface area contributed by atoms with Gasteiger partial charge in [0, 0.05) is 26.6 Å². The van der Waals surface area contributed by atoms with Gasteiger partial charge in [-0.05, 0) is 11.4 Å². The van der Waals surface area contributed by atoms with Gasteiger partial charge in [-0.25, -0.2) is 0 Å². The number of carboxylic acids is 2. The third kappa shape index (κ3) is 22.4. The molecule has 0 saturated heterocycles. The summed E-state index contributed by atoms with van der Waals surface area (Å²) in [6.45, 7) is 3.32. The molecule has 0 amide bonds. The largest absolute Gasteiger partial charge is 0.548 e. The summed E-state index contributed by atoms with van der Waals surface area (Å²) in [5.74, 6) is -1.93. The van der Waals surface area contributed by atoms with E-state index in [4.69, 9.17) is 39.2 Å². The fourth-order valence-corrected chi connectivity index (χ4v) is 0.865. The maximum Gasteiger partial charge on any atom is 0.387 e. The number of aliphatic carboxylic acids is 2. The van der Waals surface area contributed by atoms with Gasteiger partial charge in [-0.3, -0.25) is 20.5 Å². The lowest BCUT2D eigenvalue weighted by molar-refractivity contribution is -0.466. The minimum absolute atomic E-state index is 0.0267. The number of carbonyl (C=O) groups is 2. The van der Waals surface area contributed by atoms with Gasteiger partial charge in [0.15, 0.2) is 0 Å². The molecule has 12 N–H and O–H groups in total. The fourth-order valence-electron chi connectivity index (χ4n) is 0.865. The Kier molecular flexibility index (Phi) is 16.4. The molecule has 14 heteroatoms. The van der Waals surface area contributed by atoms with Gasteiger partial charge in [0.1, 0.15) is 6.92 Å². The van der Waals surface area contributed by atoms with E-state index in [0.717, 1.165) is 0 Å². The summed E-state index contributed by atoms with van der Waals surface area (Å²) in [6.07, 6.45) is -0.327. The first-order chi connectivity index (χ1) is 12.6. The molecule has 0 fully saturated rings. The second-order valence-electron chi connectivity index (χ2n) is 5.47. The van der Waals surface area contributed by atoms with Crippen molar-refractivity contribution in [2.45, 2.75) is 18.9 Å². The van der Waals surface area contributed by atoms with Crippen molar-refractivity contribution in [3.05, 3.63) is 6.92 Å². The molecular weight excluding hydrogens is 372 g/mol. The number of nitrogens with one attached hydrogen (secondary N) is 1. The van der Waals surface area contributed by atoms with E-state index in [1.807, 2.05) is 0 Å². The fraction of sp³-hybridized carbons (Fsp3) is 0.500. The molecule has 0 heterocycles. The van der Waals surface area contributed by atoms with Crippen molar-refractivity contribution in [2.24, 2.45) is 38.7 Å². The monoisotopic (exact) mass is 403 g/mol. The van der Waals surface area contributed by atoms with Gasteiger partial charge >= 0.3 is 11.9 Å². The van der Waals surface area contributed by atoms with Gasteiger partial charge < -0.3 is 42.8 Å². The van der Waals surface area contributed by atoms with Crippen molar-refractivity contribution in [1.29, 1.82) is 5.41 Å². The Balaban J connectivity index is -0.000000336. The Morgan fingerprint density at radius 3 is 1.86 bits per heavy atom. The first-order valence-corrected chi connectivity index (χ1v) is 7.61. The van der Waals surface area contributed by atoms with Crippen molar-refractivity contribution in [3.63, 3.8) is 0 Å². The standard InChI is InChI=1S/C5H11N4.C5H9NO4.C4H11N5/c1-4(6)8-5(7)9(2)3;6-3(5(9)10)1-2-4(7)8;1-9(2)4(7)8-3(5)6/h1H2,2-3H3,(H3,6,7,8);3H,1-2,6H2,(H,7,8)(H,9,10);1-2H3,(H5,5,6,7,8)/q+1;;/t;3-;/m.0./s1. The number of amidine groups is 1. The average Bonchev–Trinajstić information content (AvgIpc) is 2.52. The summed E-state index contributed by atoms with van der Waals surface area (Å²) in [7, 11) is 6.94. The minimum Gasteiger partial charge on any atom is -0.548 e. The van der Waals surface area contributed by atoms with E-state index in [-0.39, 0.29) is 30.6 Å². The van der Waals surface area contributed by atoms with Crippen LogP contribution in [0.3, 0.4) is 0 Å². The van der Waals surface area contributed by atoms with Crippen LogP contribution in [0.25, 0.3) is 0 Å². The van der Waals surface area contributed by atoms with Crippen molar-refractivity contribution >= 4 is 35.7 Å². The number of rotatable bonds is 4. The van der Waals surface area contributed by atoms with Crippen LogP contribution in [0.5, 0.6) is 0 Å². The number of nitrogens with two attached hydrogens (primary N) is 5. The Morgan fingerprint density at radius 1 is 1.21 bits per heavy atom. The smallest absolute Gasteiger partial charge is 0.387 e. The molecular formula is C14H31N10O4+. The SMILES string of the molecule is C[N+](C)=C(N)N=C(N)N.N[C@@H](CCC(=O)O)C(=O)[O-].[CH2+]C(N)=NC(=N)N(C)C. The van der Waals surface area contributed by atoms with Gasteiger partial charge in [0.05, 0.1) is 20.1 Å². The van der Waals surface area contributed by atoms with Gasteiger partial charge in [0.2, 0.25) is 5.96 Å². The Labute approximate surface area is 163 Å². The van der Waals surface area contributed by atoms with Gasteiger partial charge in [0.25, 0.3) is 11.8 Å². The summed E-state index contributed by atoms with van der Waals surface area (Å²) in [5.41, 5.74) is 25.4. The van der Waals surface area contributed by atoms with Crippen LogP contribution in [0.15, 0.2) is 9.98 Å². The van der Waals surface area contributed by atoms with Crippen LogP contribution in [-0.2, 0) is 9.59 Å². The van der Waals surface area contributed by atoms with Crippen LogP contribution in [0.1, 0.15) is 12.8 Å². The van der Waals surface area contributed by atoms with Gasteiger partial charge in [-0.1, -0.05) is 0 Å². The molecule has 0 spiro atoms. The predicted octanol–water partition coefficient (Wildman–Crippen LogP) is -4.55. The number of hydrogen-bond donors (Lipinski definition) is 7. The molecule has 0 aliphatic carbocycles. The van der Waals surface area contributed by atoms with E-state index in [1.54, 1.807) is 32.8 Å². The first-order valence-electron chi connectivity index (χ1n) is 7.61. The maximum atomic E-state index is 9.88. The summed E-state index contributed by atoms with van der Waals surface area (Å²) in [4.78, 5) is 28.4. The molecule has 0 bridgehead atoms. The predicted molar refractivity (Wildman–Crippen MR) is 105 cm³/mol. The zero-order valence-electron chi connectivity index (χ0n) is 16.5. The topological polar surface area (TPSA) is 262 Å². The van der Waals surface area contributed by atoms with Crippen LogP contribution in [0.2, 0.25) is 0 Å². The van der Waals surface area contributed by atoms with Crippen molar-refractivity contribution in [3.8, 4) is 0 Å². The second kappa shape index (κ2) is 15.7. The Hall–Kier alpha value is -3.55. The summed E-state index contributed by atoms with van der Waals surface area (Å²) in [5, 5.41) is 25.1. The molecule has 0 aliphatic heterocycles. The van der Waals surface area contributed by atoms with Crippen LogP contribution < -0.4 is 33.8 Å². The minimum atomic E-state index is -1.42. The molecule has 160 valence electrons. The lowest BCUT2D eigenvalue weighted by Crippen LogP contribution is -2.41. The van der Waals surface area contributed by atoms with Crippen molar-refractivity contribution in [2.75, 3.05) is 28.2 Å². The summed E-state index contributed by atoms with van der Waals surface area (Å²) < 4.78 is 1.61. The van der Waals surface area contributed by atoms with Crippen LogP contribution >= 0.6 is 0 Å². The lowest BCUT2D eigenvalue weighted by atomic mass is 10.2. The molecule has 0 unspecified atom stereocenters. The first kappa shape index (κ1) is 29.2. The van der Waals surface area contributed by atoms with Gasteiger partial charge in [-0.2, -0.15) is 4.99 Å². The number of hydrogen-bond acceptors (Lipinski definition) is 5. The molecule has 0 radical (unpaired) electrons. The Morgan fingerprint density at radius 2 is 1.68 bits per heavy atom. The second-order valence-corrected chi connectivity index (χ2v) is 5.47. The molecule has 0 aromatic rings. The molecule has 0 aromatic heterocycles. The molecule has 14 nitrogen and oxygen atoms in total. The zero-order valence-corrected chi connectivity index (χ0v) is 16.5. The number of aliphatic imine (C=N–C) groups is 2. The highest BCUT2D eigenvalue weighted by Gasteiger charge is 2.05. The highest BCUT2D eigenvalue weighted by atomic mass is 16.4. The van der Waals surface area contributed by atoms with Gasteiger partial charge in [-0.15, -0.1) is 0 Å². The van der Waals surface area contributed by atoms with E-state index >= 15 is 0 Å². The van der Waals surface area contributed by atoms with Crippen LogP contribution in [0.4, 0.5) is 0 Å². The van der Waals surface area contributed by atoms with E-state index in [2.05, 4.69) is 16.9 Å². The van der Waals surface area contributed by atoms with Crippen LogP contribution in [-0.4, -0.2) is 84.5 Å². The third-order valence-corrected chi connectivity index (χ3v) is 2.35. The third-order valence-electron chi connectivity index (χ3n) is 2.35. The van der Waals surface area contributed by atoms with Crippen molar-refractivity contribution < 1.29 is 24.4 Å². The lowest BCUT2D eigenvalue weighted by Gasteiger charge is -2.09. The molecule has 0 aliphatic rings. The molecule has 0 rings (SSSR count). The normalized spacial score (nSPS) is 10.7. The van der Waals surface area contributed by atoms with Crippen LogP contribution in [0, 0.1) is 12.3 Å². The van der Waals surface area contributed by atoms with E-state index in [9.17, 15) is 14.7 Å². The number of carboxylic acid groups (broad SMARTS) is 2. The summed E-state index contributed by atoms with van der Waals surface area (Å²) in [6, 6.07) is -1.17. The molecule has 1 atom stereocenters. The van der Waals surface area contributed by atoms with Crippen molar-refractivity contribution in [1.82, 2.24) is 4.90 Å². The maximum absolute atomic E-state index is 9.88. The average molecular weight is 403 g/mol. The Bertz CT molecular complexity index is 601. The summed E-state index contributed by atoms with van der Waals surface area (Å²) >= 11 is 0. The highest BCUT2D eigenvalue weighted by Crippen LogP contribution is 1.92. The quantitative estimate of drug-likeness (QED) is 0.102. The molecule has 28 heavy (non-hydrogen) atoms.